The second kappa shape index (κ2) is 4.84. The number of aryl methyl sites for hydroxylation is 1. The Morgan fingerprint density at radius 3 is 2.83 bits per heavy atom. The van der Waals surface area contributed by atoms with Crippen LogP contribution in [0.4, 0.5) is 0 Å². The molecule has 0 spiro atoms. The second-order valence-corrected chi connectivity index (χ2v) is 5.64. The summed E-state index contributed by atoms with van der Waals surface area (Å²) in [7, 11) is 0. The molecule has 2 aliphatic heterocycles. The monoisotopic (exact) mass is 247 g/mol. The van der Waals surface area contributed by atoms with Crippen molar-refractivity contribution in [2.24, 2.45) is 5.92 Å². The first-order valence-corrected chi connectivity index (χ1v) is 7.06. The molecule has 0 aliphatic carbocycles. The molecule has 3 heterocycles. The fraction of sp³-hybridized carbons (Fsp3) is 0.714. The smallest absolute Gasteiger partial charge is 0.198 e. The molecular formula is C14H21N3O. The molecule has 1 N–H and O–H groups in total. The van der Waals surface area contributed by atoms with Crippen molar-refractivity contribution >= 4 is 5.78 Å². The Morgan fingerprint density at radius 1 is 1.44 bits per heavy atom. The minimum absolute atomic E-state index is 0.216. The van der Waals surface area contributed by atoms with Crippen LogP contribution in [0.15, 0.2) is 12.4 Å². The number of nitrogens with one attached hydrogen (secondary N) is 1. The van der Waals surface area contributed by atoms with Crippen LogP contribution in [0, 0.1) is 5.92 Å². The number of nitrogens with zero attached hydrogens (tertiary/aromatic N) is 2. The minimum Gasteiger partial charge on any atom is -0.329 e. The van der Waals surface area contributed by atoms with E-state index in [1.54, 1.807) is 6.20 Å². The van der Waals surface area contributed by atoms with Gasteiger partial charge in [0.05, 0.1) is 0 Å². The molecule has 98 valence electrons. The van der Waals surface area contributed by atoms with Gasteiger partial charge in [0.1, 0.15) is 0 Å². The molecular weight excluding hydrogens is 226 g/mol. The standard InChI is InChI=1S/C14H21N3O/c1-2-17-6-5-15-14(17)13(18)9-10-7-11-3-4-12(8-10)16-11/h5-6,10-12,16H,2-4,7-9H2,1H3. The highest BCUT2D eigenvalue weighted by atomic mass is 16.1. The Kier molecular flexibility index (Phi) is 3.20. The minimum atomic E-state index is 0.216. The van der Waals surface area contributed by atoms with E-state index in [1.807, 2.05) is 17.7 Å². The summed E-state index contributed by atoms with van der Waals surface area (Å²) >= 11 is 0. The Bertz CT molecular complexity index is 428. The van der Waals surface area contributed by atoms with E-state index in [2.05, 4.69) is 10.3 Å². The highest BCUT2D eigenvalue weighted by molar-refractivity contribution is 5.92. The van der Waals surface area contributed by atoms with E-state index in [9.17, 15) is 4.79 Å². The molecule has 0 radical (unpaired) electrons. The molecule has 2 bridgehead atoms. The van der Waals surface area contributed by atoms with Crippen LogP contribution in [0.5, 0.6) is 0 Å². The number of fused-ring (bicyclic) bond motifs is 2. The van der Waals surface area contributed by atoms with E-state index in [4.69, 9.17) is 0 Å². The van der Waals surface area contributed by atoms with Gasteiger partial charge in [-0.3, -0.25) is 4.79 Å². The molecule has 2 aliphatic rings. The van der Waals surface area contributed by atoms with E-state index in [0.717, 1.165) is 19.4 Å². The predicted molar refractivity (Wildman–Crippen MR) is 69.5 cm³/mol. The molecule has 0 aromatic carbocycles. The van der Waals surface area contributed by atoms with Crippen molar-refractivity contribution in [3.63, 3.8) is 0 Å². The first kappa shape index (κ1) is 11.9. The number of Topliss-reactive ketones (excluding diaryl/α,β-unsaturated/α-hetero) is 1. The van der Waals surface area contributed by atoms with Crippen LogP contribution in [-0.4, -0.2) is 27.4 Å². The van der Waals surface area contributed by atoms with Crippen molar-refractivity contribution in [3.05, 3.63) is 18.2 Å². The third kappa shape index (κ3) is 2.21. The summed E-state index contributed by atoms with van der Waals surface area (Å²) in [5, 5.41) is 3.62. The van der Waals surface area contributed by atoms with Gasteiger partial charge in [0.15, 0.2) is 11.6 Å². The average molecular weight is 247 g/mol. The average Bonchev–Trinajstić information content (AvgIpc) is 2.95. The van der Waals surface area contributed by atoms with Crippen molar-refractivity contribution in [1.82, 2.24) is 14.9 Å². The summed E-state index contributed by atoms with van der Waals surface area (Å²) in [4.78, 5) is 16.5. The van der Waals surface area contributed by atoms with Gasteiger partial charge in [-0.2, -0.15) is 0 Å². The summed E-state index contributed by atoms with van der Waals surface area (Å²) in [5.41, 5.74) is 0. The number of hydrogen-bond donors (Lipinski definition) is 1. The van der Waals surface area contributed by atoms with Crippen molar-refractivity contribution in [3.8, 4) is 0 Å². The Hall–Kier alpha value is -1.16. The van der Waals surface area contributed by atoms with Crippen LogP contribution in [0.3, 0.4) is 0 Å². The van der Waals surface area contributed by atoms with E-state index in [0.29, 0.717) is 30.2 Å². The van der Waals surface area contributed by atoms with Crippen molar-refractivity contribution in [1.29, 1.82) is 0 Å². The first-order chi connectivity index (χ1) is 8.76. The lowest BCUT2D eigenvalue weighted by Gasteiger charge is -2.28. The van der Waals surface area contributed by atoms with Gasteiger partial charge in [-0.25, -0.2) is 4.98 Å². The maximum atomic E-state index is 12.3. The number of rotatable bonds is 4. The topological polar surface area (TPSA) is 46.9 Å². The van der Waals surface area contributed by atoms with Crippen LogP contribution in [0.2, 0.25) is 0 Å². The zero-order chi connectivity index (χ0) is 12.5. The molecule has 2 atom stereocenters. The van der Waals surface area contributed by atoms with Gasteiger partial charge < -0.3 is 9.88 Å². The summed E-state index contributed by atoms with van der Waals surface area (Å²) < 4.78 is 1.94. The third-order valence-corrected chi connectivity index (χ3v) is 4.35. The number of hydrogen-bond acceptors (Lipinski definition) is 3. The zero-order valence-electron chi connectivity index (χ0n) is 10.9. The lowest BCUT2D eigenvalue weighted by atomic mass is 9.88. The summed E-state index contributed by atoms with van der Waals surface area (Å²) in [5.74, 6) is 1.41. The molecule has 2 saturated heterocycles. The van der Waals surface area contributed by atoms with Gasteiger partial charge in [-0.1, -0.05) is 0 Å². The Morgan fingerprint density at radius 2 is 2.17 bits per heavy atom. The molecule has 4 nitrogen and oxygen atoms in total. The van der Waals surface area contributed by atoms with Gasteiger partial charge in [0.25, 0.3) is 0 Å². The lowest BCUT2D eigenvalue weighted by Crippen LogP contribution is -2.38. The molecule has 3 rings (SSSR count). The van der Waals surface area contributed by atoms with E-state index in [-0.39, 0.29) is 5.78 Å². The lowest BCUT2D eigenvalue weighted by molar-refractivity contribution is 0.0931. The number of imidazole rings is 1. The SMILES string of the molecule is CCn1ccnc1C(=O)CC1CC2CCC(C1)N2. The normalized spacial score (nSPS) is 30.6. The third-order valence-electron chi connectivity index (χ3n) is 4.35. The zero-order valence-corrected chi connectivity index (χ0v) is 10.9. The summed E-state index contributed by atoms with van der Waals surface area (Å²) in [6, 6.07) is 1.32. The first-order valence-electron chi connectivity index (χ1n) is 7.06. The predicted octanol–water partition coefficient (Wildman–Crippen LogP) is 2.01. The highest BCUT2D eigenvalue weighted by Crippen LogP contribution is 2.33. The van der Waals surface area contributed by atoms with E-state index in [1.165, 1.54) is 12.8 Å². The molecule has 18 heavy (non-hydrogen) atoms. The van der Waals surface area contributed by atoms with Crippen molar-refractivity contribution < 1.29 is 4.79 Å². The van der Waals surface area contributed by atoms with Gasteiger partial charge in [0.2, 0.25) is 0 Å². The number of piperidine rings is 1. The van der Waals surface area contributed by atoms with Crippen molar-refractivity contribution in [2.75, 3.05) is 0 Å². The van der Waals surface area contributed by atoms with Crippen LogP contribution in [-0.2, 0) is 6.54 Å². The number of ketones is 1. The van der Waals surface area contributed by atoms with Crippen LogP contribution in [0.25, 0.3) is 0 Å². The number of carbonyl (C=O) groups excluding carboxylic acids is 1. The number of aromatic nitrogens is 2. The van der Waals surface area contributed by atoms with Gasteiger partial charge >= 0.3 is 0 Å². The highest BCUT2D eigenvalue weighted by Gasteiger charge is 2.34. The van der Waals surface area contributed by atoms with Crippen LogP contribution >= 0.6 is 0 Å². The fourth-order valence-corrected chi connectivity index (χ4v) is 3.51. The molecule has 0 saturated carbocycles. The molecule has 0 amide bonds. The maximum absolute atomic E-state index is 12.3. The van der Waals surface area contributed by atoms with Crippen LogP contribution < -0.4 is 5.32 Å². The van der Waals surface area contributed by atoms with Crippen molar-refractivity contribution in [2.45, 2.75) is 57.7 Å². The summed E-state index contributed by atoms with van der Waals surface area (Å²) in [6.45, 7) is 2.86. The molecule has 2 unspecified atom stereocenters. The molecule has 1 aromatic rings. The quantitative estimate of drug-likeness (QED) is 0.828. The fourth-order valence-electron chi connectivity index (χ4n) is 3.51. The largest absolute Gasteiger partial charge is 0.329 e. The molecule has 2 fully saturated rings. The van der Waals surface area contributed by atoms with Gasteiger partial charge in [0, 0.05) is 37.4 Å². The molecule has 1 aromatic heterocycles. The molecule has 4 heteroatoms. The number of carbonyl (C=O) groups is 1. The maximum Gasteiger partial charge on any atom is 0.198 e. The van der Waals surface area contributed by atoms with Gasteiger partial charge in [-0.15, -0.1) is 0 Å². The Balaban J connectivity index is 1.64. The van der Waals surface area contributed by atoms with Crippen LogP contribution in [0.1, 0.15) is 49.6 Å². The summed E-state index contributed by atoms with van der Waals surface area (Å²) in [6.07, 6.45) is 9.19. The van der Waals surface area contributed by atoms with E-state index >= 15 is 0 Å². The second-order valence-electron chi connectivity index (χ2n) is 5.64. The Labute approximate surface area is 108 Å². The van der Waals surface area contributed by atoms with Gasteiger partial charge in [-0.05, 0) is 38.5 Å². The van der Waals surface area contributed by atoms with E-state index < -0.39 is 0 Å².